The zero-order valence-electron chi connectivity index (χ0n) is 10.7. The van der Waals surface area contributed by atoms with Gasteiger partial charge in [0.05, 0.1) is 0 Å². The first-order chi connectivity index (χ1) is 8.72. The van der Waals surface area contributed by atoms with E-state index >= 15 is 0 Å². The van der Waals surface area contributed by atoms with Gasteiger partial charge in [-0.15, -0.1) is 12.4 Å². The molecule has 1 aromatic carbocycles. The smallest absolute Gasteiger partial charge is 0.115 e. The summed E-state index contributed by atoms with van der Waals surface area (Å²) >= 11 is 3.53. The Balaban J connectivity index is 0.00000180. The number of aliphatic hydroxyl groups excluding tert-OH is 1. The number of benzene rings is 1. The highest BCUT2D eigenvalue weighted by molar-refractivity contribution is 9.10. The highest BCUT2D eigenvalue weighted by Crippen LogP contribution is 2.33. The first-order valence-electron chi connectivity index (χ1n) is 6.26. The van der Waals surface area contributed by atoms with Crippen LogP contribution < -0.4 is 5.32 Å². The predicted octanol–water partition coefficient (Wildman–Crippen LogP) is 1.91. The van der Waals surface area contributed by atoms with Crippen LogP contribution >= 0.6 is 28.3 Å². The number of phenols is 1. The normalized spacial score (nSPS) is 17.8. The van der Waals surface area contributed by atoms with Gasteiger partial charge in [-0.2, -0.15) is 0 Å². The summed E-state index contributed by atoms with van der Waals surface area (Å²) in [6.07, 6.45) is 0.683. The second-order valence-corrected chi connectivity index (χ2v) is 5.37. The van der Waals surface area contributed by atoms with Crippen molar-refractivity contribution in [3.8, 4) is 5.75 Å². The topological polar surface area (TPSA) is 55.7 Å². The summed E-state index contributed by atoms with van der Waals surface area (Å²) in [5.41, 5.74) is 1.05. The summed E-state index contributed by atoms with van der Waals surface area (Å²) in [6, 6.07) is 5.46. The van der Waals surface area contributed by atoms with Gasteiger partial charge >= 0.3 is 0 Å². The molecule has 1 aromatic rings. The van der Waals surface area contributed by atoms with E-state index in [4.69, 9.17) is 0 Å². The van der Waals surface area contributed by atoms with Crippen LogP contribution in [0.15, 0.2) is 22.7 Å². The van der Waals surface area contributed by atoms with Crippen LogP contribution in [-0.2, 0) is 0 Å². The Morgan fingerprint density at radius 2 is 2.00 bits per heavy atom. The van der Waals surface area contributed by atoms with Gasteiger partial charge in [-0.25, -0.2) is 0 Å². The monoisotopic (exact) mass is 350 g/mol. The Labute approximate surface area is 128 Å². The van der Waals surface area contributed by atoms with E-state index in [0.717, 1.165) is 36.2 Å². The fraction of sp³-hybridized carbons (Fsp3) is 0.538. The molecule has 1 aliphatic rings. The molecule has 1 atom stereocenters. The molecule has 2 rings (SSSR count). The molecule has 0 saturated carbocycles. The Bertz CT molecular complexity index is 400. The van der Waals surface area contributed by atoms with E-state index < -0.39 is 0 Å². The van der Waals surface area contributed by atoms with Gasteiger partial charge in [0.25, 0.3) is 0 Å². The van der Waals surface area contributed by atoms with Crippen LogP contribution in [0.2, 0.25) is 0 Å². The van der Waals surface area contributed by atoms with Crippen LogP contribution in [-0.4, -0.2) is 47.9 Å². The average molecular weight is 352 g/mol. The standard InChI is InChI=1S/C13H19BrN2O2.ClH/c14-12-2-1-10(18)9-11(12)13(3-8-17)16-6-4-15-5-7-16;/h1-2,9,13,15,17-18H,3-8H2;1H/t13-;/m1./s1. The van der Waals surface area contributed by atoms with Crippen molar-refractivity contribution in [3.05, 3.63) is 28.2 Å². The molecule has 1 saturated heterocycles. The molecule has 0 aliphatic carbocycles. The Morgan fingerprint density at radius 1 is 1.32 bits per heavy atom. The van der Waals surface area contributed by atoms with Crippen molar-refractivity contribution in [1.82, 2.24) is 10.2 Å². The van der Waals surface area contributed by atoms with Gasteiger partial charge in [-0.3, -0.25) is 4.90 Å². The first kappa shape index (κ1) is 16.7. The maximum absolute atomic E-state index is 9.64. The molecule has 1 fully saturated rings. The summed E-state index contributed by atoms with van der Waals surface area (Å²) in [5.74, 6) is 0.270. The molecular formula is C13H20BrClN2O2. The molecule has 108 valence electrons. The van der Waals surface area contributed by atoms with E-state index in [-0.39, 0.29) is 30.8 Å². The molecule has 0 amide bonds. The number of phenolic OH excluding ortho intramolecular Hbond substituents is 1. The number of nitrogens with zero attached hydrogens (tertiary/aromatic N) is 1. The van der Waals surface area contributed by atoms with Crippen molar-refractivity contribution < 1.29 is 10.2 Å². The first-order valence-corrected chi connectivity index (χ1v) is 7.05. The number of hydrogen-bond acceptors (Lipinski definition) is 4. The van der Waals surface area contributed by atoms with E-state index in [2.05, 4.69) is 26.1 Å². The van der Waals surface area contributed by atoms with Crippen LogP contribution in [0.25, 0.3) is 0 Å². The summed E-state index contributed by atoms with van der Waals surface area (Å²) in [5, 5.41) is 22.2. The van der Waals surface area contributed by atoms with Crippen LogP contribution in [0.5, 0.6) is 5.75 Å². The second kappa shape index (κ2) is 8.07. The largest absolute Gasteiger partial charge is 0.508 e. The summed E-state index contributed by atoms with van der Waals surface area (Å²) < 4.78 is 0.984. The number of rotatable bonds is 4. The number of aliphatic hydroxyl groups is 1. The number of halogens is 2. The molecule has 1 heterocycles. The lowest BCUT2D eigenvalue weighted by Gasteiger charge is -2.35. The van der Waals surface area contributed by atoms with Gasteiger partial charge in [-0.05, 0) is 30.2 Å². The van der Waals surface area contributed by atoms with E-state index in [0.29, 0.717) is 6.42 Å². The van der Waals surface area contributed by atoms with E-state index in [1.54, 1.807) is 12.1 Å². The fourth-order valence-electron chi connectivity index (χ4n) is 2.44. The van der Waals surface area contributed by atoms with Gasteiger partial charge in [-0.1, -0.05) is 15.9 Å². The molecule has 6 heteroatoms. The van der Waals surface area contributed by atoms with Crippen molar-refractivity contribution in [1.29, 1.82) is 0 Å². The fourth-order valence-corrected chi connectivity index (χ4v) is 2.95. The molecule has 0 aromatic heterocycles. The predicted molar refractivity (Wildman–Crippen MR) is 81.9 cm³/mol. The lowest BCUT2D eigenvalue weighted by molar-refractivity contribution is 0.140. The third-order valence-electron chi connectivity index (χ3n) is 3.33. The number of aromatic hydroxyl groups is 1. The molecule has 3 N–H and O–H groups in total. The van der Waals surface area contributed by atoms with E-state index in [1.807, 2.05) is 6.07 Å². The van der Waals surface area contributed by atoms with E-state index in [9.17, 15) is 10.2 Å². The minimum Gasteiger partial charge on any atom is -0.508 e. The molecule has 0 spiro atoms. The van der Waals surface area contributed by atoms with Crippen LogP contribution in [0.3, 0.4) is 0 Å². The highest BCUT2D eigenvalue weighted by Gasteiger charge is 2.23. The Hall–Kier alpha value is -0.330. The summed E-state index contributed by atoms with van der Waals surface area (Å²) in [6.45, 7) is 4.02. The van der Waals surface area contributed by atoms with Crippen LogP contribution in [0, 0.1) is 0 Å². The molecule has 0 unspecified atom stereocenters. The molecule has 19 heavy (non-hydrogen) atoms. The molecule has 4 nitrogen and oxygen atoms in total. The summed E-state index contributed by atoms with van der Waals surface area (Å²) in [7, 11) is 0. The molecule has 1 aliphatic heterocycles. The van der Waals surface area contributed by atoms with Gasteiger partial charge < -0.3 is 15.5 Å². The Morgan fingerprint density at radius 3 is 2.63 bits per heavy atom. The Kier molecular flexibility index (Phi) is 7.10. The van der Waals surface area contributed by atoms with Crippen molar-refractivity contribution in [2.24, 2.45) is 0 Å². The van der Waals surface area contributed by atoms with Crippen molar-refractivity contribution in [2.45, 2.75) is 12.5 Å². The quantitative estimate of drug-likeness (QED) is 0.775. The van der Waals surface area contributed by atoms with Gasteiger partial charge in [0.15, 0.2) is 0 Å². The maximum Gasteiger partial charge on any atom is 0.115 e. The lowest BCUT2D eigenvalue weighted by Crippen LogP contribution is -2.45. The van der Waals surface area contributed by atoms with Gasteiger partial charge in [0.1, 0.15) is 5.75 Å². The average Bonchev–Trinajstić information content (AvgIpc) is 2.40. The number of hydrogen-bond donors (Lipinski definition) is 3. The van der Waals surface area contributed by atoms with E-state index in [1.165, 1.54) is 0 Å². The number of nitrogens with one attached hydrogen (secondary N) is 1. The number of piperazine rings is 1. The lowest BCUT2D eigenvalue weighted by atomic mass is 10.0. The third-order valence-corrected chi connectivity index (χ3v) is 4.06. The maximum atomic E-state index is 9.64. The molecular weight excluding hydrogens is 332 g/mol. The minimum atomic E-state index is 0. The highest BCUT2D eigenvalue weighted by atomic mass is 79.9. The SMILES string of the molecule is Cl.OCC[C@H](c1cc(O)ccc1Br)N1CCNCC1. The van der Waals surface area contributed by atoms with Crippen molar-refractivity contribution in [3.63, 3.8) is 0 Å². The molecule has 0 radical (unpaired) electrons. The zero-order valence-corrected chi connectivity index (χ0v) is 13.1. The van der Waals surface area contributed by atoms with Crippen LogP contribution in [0.4, 0.5) is 0 Å². The second-order valence-electron chi connectivity index (χ2n) is 4.52. The van der Waals surface area contributed by atoms with Gasteiger partial charge in [0, 0.05) is 43.3 Å². The van der Waals surface area contributed by atoms with Gasteiger partial charge in [0.2, 0.25) is 0 Å². The van der Waals surface area contributed by atoms with Crippen molar-refractivity contribution >= 4 is 28.3 Å². The van der Waals surface area contributed by atoms with Crippen LogP contribution in [0.1, 0.15) is 18.0 Å². The summed E-state index contributed by atoms with van der Waals surface area (Å²) in [4.78, 5) is 2.35. The zero-order chi connectivity index (χ0) is 13.0. The molecule has 0 bridgehead atoms. The van der Waals surface area contributed by atoms with Crippen molar-refractivity contribution in [2.75, 3.05) is 32.8 Å². The minimum absolute atomic E-state index is 0. The third kappa shape index (κ3) is 4.33.